The minimum Gasteiger partial charge on any atom is -0.497 e. The molecule has 0 bridgehead atoms. The summed E-state index contributed by atoms with van der Waals surface area (Å²) in [7, 11) is 5.16. The first-order valence-corrected chi connectivity index (χ1v) is 12.2. The van der Waals surface area contributed by atoms with Crippen LogP contribution in [0.5, 0.6) is 17.2 Å². The van der Waals surface area contributed by atoms with Crippen LogP contribution in [0.4, 0.5) is 5.82 Å². The van der Waals surface area contributed by atoms with E-state index < -0.39 is 0 Å². The van der Waals surface area contributed by atoms with Crippen molar-refractivity contribution >= 4 is 11.7 Å². The van der Waals surface area contributed by atoms with Gasteiger partial charge in [-0.1, -0.05) is 0 Å². The summed E-state index contributed by atoms with van der Waals surface area (Å²) >= 11 is 0. The van der Waals surface area contributed by atoms with E-state index in [1.165, 1.54) is 0 Å². The lowest BCUT2D eigenvalue weighted by Gasteiger charge is -2.35. The molecule has 4 heterocycles. The van der Waals surface area contributed by atoms with Crippen LogP contribution >= 0.6 is 0 Å². The number of amides is 1. The van der Waals surface area contributed by atoms with E-state index >= 15 is 0 Å². The topological polar surface area (TPSA) is 94.8 Å². The van der Waals surface area contributed by atoms with Gasteiger partial charge in [-0.15, -0.1) is 0 Å². The van der Waals surface area contributed by atoms with Crippen molar-refractivity contribution < 1.29 is 19.0 Å². The predicted molar refractivity (Wildman–Crippen MR) is 134 cm³/mol. The van der Waals surface area contributed by atoms with Crippen LogP contribution in [-0.4, -0.2) is 70.5 Å². The van der Waals surface area contributed by atoms with E-state index in [1.807, 2.05) is 42.5 Å². The molecule has 0 atom stereocenters. The lowest BCUT2D eigenvalue weighted by molar-refractivity contribution is -0.129. The van der Waals surface area contributed by atoms with Gasteiger partial charge in [-0.05, 0) is 12.1 Å². The van der Waals surface area contributed by atoms with Gasteiger partial charge in [0.1, 0.15) is 17.5 Å². The first-order chi connectivity index (χ1) is 17.4. The fourth-order valence-corrected chi connectivity index (χ4v) is 4.79. The van der Waals surface area contributed by atoms with Crippen LogP contribution in [0.3, 0.4) is 0 Å². The molecule has 2 aliphatic rings. The van der Waals surface area contributed by atoms with Crippen LogP contribution in [-0.2, 0) is 24.8 Å². The molecule has 5 rings (SSSR count). The van der Waals surface area contributed by atoms with Crippen LogP contribution in [0, 0.1) is 0 Å². The highest BCUT2D eigenvalue weighted by atomic mass is 16.5. The molecule has 2 aromatic heterocycles. The summed E-state index contributed by atoms with van der Waals surface area (Å²) in [6.07, 6.45) is 6.24. The number of ether oxygens (including phenoxy) is 3. The minimum atomic E-state index is 0.0602. The number of benzene rings is 1. The zero-order valence-electron chi connectivity index (χ0n) is 21.2. The lowest BCUT2D eigenvalue weighted by Crippen LogP contribution is -2.40. The Morgan fingerprint density at radius 2 is 1.83 bits per heavy atom. The van der Waals surface area contributed by atoms with Gasteiger partial charge in [0.05, 0.1) is 38.3 Å². The maximum absolute atomic E-state index is 11.9. The van der Waals surface area contributed by atoms with Crippen molar-refractivity contribution in [3.05, 3.63) is 42.0 Å². The molecule has 0 aliphatic carbocycles. The third-order valence-corrected chi connectivity index (χ3v) is 6.82. The number of anilines is 1. The molecular formula is C26H32N6O4. The highest BCUT2D eigenvalue weighted by molar-refractivity contribution is 5.74. The van der Waals surface area contributed by atoms with Gasteiger partial charge in [-0.3, -0.25) is 9.48 Å². The van der Waals surface area contributed by atoms with Gasteiger partial charge in [0, 0.05) is 70.7 Å². The zero-order chi connectivity index (χ0) is 25.2. The number of piperidine rings is 1. The molecule has 190 valence electrons. The third-order valence-electron chi connectivity index (χ3n) is 6.82. The number of hydrogen-bond donors (Lipinski definition) is 0. The van der Waals surface area contributed by atoms with Gasteiger partial charge in [0.2, 0.25) is 5.91 Å². The van der Waals surface area contributed by atoms with Gasteiger partial charge in [0.15, 0.2) is 17.3 Å². The first-order valence-electron chi connectivity index (χ1n) is 12.2. The number of nitrogens with zero attached hydrogens (tertiary/aromatic N) is 6. The number of fused-ring (bicyclic) bond motifs is 1. The minimum absolute atomic E-state index is 0.0602. The van der Waals surface area contributed by atoms with E-state index in [2.05, 4.69) is 10.00 Å². The second kappa shape index (κ2) is 10.0. The number of methoxy groups -OCH3 is 2. The Morgan fingerprint density at radius 3 is 2.50 bits per heavy atom. The number of rotatable bonds is 6. The number of hydrogen-bond acceptors (Lipinski definition) is 8. The first kappa shape index (κ1) is 23.9. The standard InChI is InChI=1S/C26H32N6O4/c1-17(33)32-12-9-21-22(16-32)28-25(18-14-27-30(2)15-18)26(29-21)31-10-7-19(8-11-31)36-23-6-5-20(34-3)13-24(23)35-4/h5-6,13-15,19H,7-12,16H2,1-4H3. The lowest BCUT2D eigenvalue weighted by atomic mass is 10.1. The summed E-state index contributed by atoms with van der Waals surface area (Å²) in [5.74, 6) is 3.05. The molecule has 2 aliphatic heterocycles. The molecule has 1 amide bonds. The van der Waals surface area contributed by atoms with Crippen LogP contribution in [0.25, 0.3) is 11.3 Å². The Balaban J connectivity index is 1.36. The molecule has 10 nitrogen and oxygen atoms in total. The maximum Gasteiger partial charge on any atom is 0.219 e. The van der Waals surface area contributed by atoms with Gasteiger partial charge in [-0.2, -0.15) is 5.10 Å². The van der Waals surface area contributed by atoms with Gasteiger partial charge in [0.25, 0.3) is 0 Å². The average Bonchev–Trinajstić information content (AvgIpc) is 3.34. The summed E-state index contributed by atoms with van der Waals surface area (Å²) < 4.78 is 18.9. The maximum atomic E-state index is 11.9. The normalized spacial score (nSPS) is 16.0. The molecule has 0 unspecified atom stereocenters. The highest BCUT2D eigenvalue weighted by Gasteiger charge is 2.29. The Labute approximate surface area is 210 Å². The van der Waals surface area contributed by atoms with Crippen molar-refractivity contribution in [1.29, 1.82) is 0 Å². The molecule has 0 saturated carbocycles. The summed E-state index contributed by atoms with van der Waals surface area (Å²) in [6, 6.07) is 5.60. The summed E-state index contributed by atoms with van der Waals surface area (Å²) in [5, 5.41) is 4.35. The SMILES string of the molecule is COc1ccc(OC2CCN(c3nc4c(nc3-c3cnn(C)c3)CN(C(C)=O)CC4)CC2)c(OC)c1. The molecule has 0 N–H and O–H groups in total. The van der Waals surface area contributed by atoms with Crippen molar-refractivity contribution in [3.63, 3.8) is 0 Å². The molecule has 0 spiro atoms. The van der Waals surface area contributed by atoms with Crippen molar-refractivity contribution in [2.45, 2.75) is 38.8 Å². The number of carbonyl (C=O) groups is 1. The second-order valence-corrected chi connectivity index (χ2v) is 9.20. The zero-order valence-corrected chi connectivity index (χ0v) is 21.2. The van der Waals surface area contributed by atoms with E-state index in [0.717, 1.165) is 65.9 Å². The largest absolute Gasteiger partial charge is 0.497 e. The fraction of sp³-hybridized carbons (Fsp3) is 0.462. The molecule has 3 aromatic rings. The van der Waals surface area contributed by atoms with E-state index in [4.69, 9.17) is 24.2 Å². The van der Waals surface area contributed by atoms with Crippen LogP contribution in [0.1, 0.15) is 31.2 Å². The summed E-state index contributed by atoms with van der Waals surface area (Å²) in [6.45, 7) is 4.35. The van der Waals surface area contributed by atoms with Crippen molar-refractivity contribution in [3.8, 4) is 28.5 Å². The van der Waals surface area contributed by atoms with Gasteiger partial charge in [-0.25, -0.2) is 9.97 Å². The second-order valence-electron chi connectivity index (χ2n) is 9.20. The Morgan fingerprint density at radius 1 is 1.03 bits per heavy atom. The fourth-order valence-electron chi connectivity index (χ4n) is 4.79. The predicted octanol–water partition coefficient (Wildman–Crippen LogP) is 2.85. The smallest absolute Gasteiger partial charge is 0.219 e. The van der Waals surface area contributed by atoms with E-state index in [1.54, 1.807) is 25.8 Å². The van der Waals surface area contributed by atoms with Crippen molar-refractivity contribution in [1.82, 2.24) is 24.6 Å². The number of aryl methyl sites for hydroxylation is 1. The molecule has 10 heteroatoms. The molecule has 1 aromatic carbocycles. The van der Waals surface area contributed by atoms with E-state index in [0.29, 0.717) is 25.3 Å². The van der Waals surface area contributed by atoms with Gasteiger partial charge >= 0.3 is 0 Å². The van der Waals surface area contributed by atoms with Crippen LogP contribution in [0.15, 0.2) is 30.6 Å². The Bertz CT molecular complexity index is 1250. The molecule has 36 heavy (non-hydrogen) atoms. The number of carbonyl (C=O) groups excluding carboxylic acids is 1. The Hall–Kier alpha value is -3.82. The molecule has 1 saturated heterocycles. The van der Waals surface area contributed by atoms with Gasteiger partial charge < -0.3 is 24.0 Å². The van der Waals surface area contributed by atoms with E-state index in [9.17, 15) is 4.79 Å². The summed E-state index contributed by atoms with van der Waals surface area (Å²) in [5.41, 5.74) is 3.56. The quantitative estimate of drug-likeness (QED) is 0.519. The molecular weight excluding hydrogens is 460 g/mol. The monoisotopic (exact) mass is 492 g/mol. The van der Waals surface area contributed by atoms with E-state index in [-0.39, 0.29) is 12.0 Å². The third kappa shape index (κ3) is 4.80. The summed E-state index contributed by atoms with van der Waals surface area (Å²) in [4.78, 5) is 26.2. The molecule has 0 radical (unpaired) electrons. The van der Waals surface area contributed by atoms with Crippen LogP contribution < -0.4 is 19.1 Å². The average molecular weight is 493 g/mol. The van der Waals surface area contributed by atoms with Crippen molar-refractivity contribution in [2.24, 2.45) is 7.05 Å². The number of aromatic nitrogens is 4. The van der Waals surface area contributed by atoms with Crippen molar-refractivity contribution in [2.75, 3.05) is 38.8 Å². The molecule has 1 fully saturated rings. The highest BCUT2D eigenvalue weighted by Crippen LogP contribution is 2.35. The Kier molecular flexibility index (Phi) is 6.67. The van der Waals surface area contributed by atoms with Crippen LogP contribution in [0.2, 0.25) is 0 Å².